The van der Waals surface area contributed by atoms with Crippen LogP contribution >= 0.6 is 11.8 Å². The highest BCUT2D eigenvalue weighted by atomic mass is 32.2. The molecule has 0 aliphatic heterocycles. The van der Waals surface area contributed by atoms with Crippen molar-refractivity contribution in [2.24, 2.45) is 0 Å². The number of aromatic nitrogens is 6. The molecule has 0 atom stereocenters. The topological polar surface area (TPSA) is 101 Å². The first-order chi connectivity index (χ1) is 15.7. The fourth-order valence-corrected chi connectivity index (χ4v) is 3.95. The van der Waals surface area contributed by atoms with E-state index in [0.29, 0.717) is 29.0 Å². The Morgan fingerprint density at radius 2 is 1.75 bits per heavy atom. The Kier molecular flexibility index (Phi) is 7.00. The molecule has 10 heteroatoms. The van der Waals surface area contributed by atoms with Crippen molar-refractivity contribution in [2.75, 3.05) is 14.2 Å². The van der Waals surface area contributed by atoms with Crippen LogP contribution in [0.15, 0.2) is 52.3 Å². The van der Waals surface area contributed by atoms with Crippen molar-refractivity contribution < 1.29 is 13.9 Å². The molecule has 166 valence electrons. The Morgan fingerprint density at radius 3 is 2.50 bits per heavy atom. The predicted molar refractivity (Wildman–Crippen MR) is 121 cm³/mol. The van der Waals surface area contributed by atoms with Crippen molar-refractivity contribution in [3.05, 3.63) is 48.6 Å². The SMILES string of the molecule is CCCCn1c(SCc2nnc(-c3ccc(OC)c(OC)c3)o2)nnc1-c1ccncc1. The smallest absolute Gasteiger partial charge is 0.247 e. The van der Waals surface area contributed by atoms with Gasteiger partial charge in [-0.2, -0.15) is 0 Å². The van der Waals surface area contributed by atoms with Gasteiger partial charge in [-0.3, -0.25) is 4.98 Å². The van der Waals surface area contributed by atoms with Gasteiger partial charge in [0.25, 0.3) is 0 Å². The molecule has 9 nitrogen and oxygen atoms in total. The Balaban J connectivity index is 1.51. The number of thioether (sulfide) groups is 1. The van der Waals surface area contributed by atoms with Gasteiger partial charge in [0, 0.05) is 30.1 Å². The fourth-order valence-electron chi connectivity index (χ4n) is 3.15. The van der Waals surface area contributed by atoms with Gasteiger partial charge >= 0.3 is 0 Å². The molecule has 0 fully saturated rings. The molecule has 0 spiro atoms. The molecule has 1 aromatic carbocycles. The van der Waals surface area contributed by atoms with Crippen LogP contribution in [0.4, 0.5) is 0 Å². The maximum atomic E-state index is 5.87. The number of ether oxygens (including phenoxy) is 2. The highest BCUT2D eigenvalue weighted by molar-refractivity contribution is 7.98. The number of hydrogen-bond donors (Lipinski definition) is 0. The molecular formula is C22H24N6O3S. The number of benzene rings is 1. The third-order valence-corrected chi connectivity index (χ3v) is 5.76. The monoisotopic (exact) mass is 452 g/mol. The summed E-state index contributed by atoms with van der Waals surface area (Å²) in [6.07, 6.45) is 5.63. The molecule has 0 aliphatic carbocycles. The van der Waals surface area contributed by atoms with Crippen LogP contribution in [0.1, 0.15) is 25.7 Å². The van der Waals surface area contributed by atoms with E-state index in [4.69, 9.17) is 13.9 Å². The van der Waals surface area contributed by atoms with Crippen LogP contribution in [0.3, 0.4) is 0 Å². The van der Waals surface area contributed by atoms with Gasteiger partial charge in [-0.15, -0.1) is 20.4 Å². The van der Waals surface area contributed by atoms with Gasteiger partial charge in [0.1, 0.15) is 0 Å². The van der Waals surface area contributed by atoms with Crippen molar-refractivity contribution >= 4 is 11.8 Å². The second kappa shape index (κ2) is 10.3. The molecule has 3 heterocycles. The van der Waals surface area contributed by atoms with E-state index in [1.54, 1.807) is 26.6 Å². The zero-order chi connectivity index (χ0) is 22.3. The zero-order valence-electron chi connectivity index (χ0n) is 18.2. The summed E-state index contributed by atoms with van der Waals surface area (Å²) in [5, 5.41) is 18.0. The van der Waals surface area contributed by atoms with Crippen molar-refractivity contribution in [1.29, 1.82) is 0 Å². The molecule has 4 rings (SSSR count). The van der Waals surface area contributed by atoms with Crippen LogP contribution in [0, 0.1) is 0 Å². The average Bonchev–Trinajstić information content (AvgIpc) is 3.48. The molecule has 0 saturated carbocycles. The Bertz CT molecular complexity index is 1160. The Hall–Kier alpha value is -3.40. The molecule has 0 bridgehead atoms. The van der Waals surface area contributed by atoms with E-state index in [2.05, 4.69) is 36.9 Å². The van der Waals surface area contributed by atoms with Crippen molar-refractivity contribution in [3.8, 4) is 34.3 Å². The molecule has 0 saturated heterocycles. The standard InChI is InChI=1S/C22H24N6O3S/c1-4-5-12-28-20(15-8-10-23-11-9-15)25-27-22(28)32-14-19-24-26-21(31-19)16-6-7-17(29-2)18(13-16)30-3/h6-11,13H,4-5,12,14H2,1-3H3. The summed E-state index contributed by atoms with van der Waals surface area (Å²) in [4.78, 5) is 4.09. The number of methoxy groups -OCH3 is 2. The van der Waals surface area contributed by atoms with E-state index < -0.39 is 0 Å². The van der Waals surface area contributed by atoms with Crippen LogP contribution in [0.25, 0.3) is 22.8 Å². The van der Waals surface area contributed by atoms with Crippen LogP contribution in [-0.2, 0) is 12.3 Å². The van der Waals surface area contributed by atoms with Crippen molar-refractivity contribution in [1.82, 2.24) is 29.9 Å². The van der Waals surface area contributed by atoms with Crippen LogP contribution in [0.5, 0.6) is 11.5 Å². The third kappa shape index (κ3) is 4.75. The van der Waals surface area contributed by atoms with E-state index in [9.17, 15) is 0 Å². The number of nitrogens with zero attached hydrogens (tertiary/aromatic N) is 6. The van der Waals surface area contributed by atoms with E-state index in [1.165, 1.54) is 11.8 Å². The number of hydrogen-bond acceptors (Lipinski definition) is 9. The lowest BCUT2D eigenvalue weighted by molar-refractivity contribution is 0.355. The summed E-state index contributed by atoms with van der Waals surface area (Å²) in [6.45, 7) is 3.00. The van der Waals surface area contributed by atoms with E-state index >= 15 is 0 Å². The fraction of sp³-hybridized carbons (Fsp3) is 0.318. The van der Waals surface area contributed by atoms with Crippen LogP contribution in [-0.4, -0.2) is 44.2 Å². The minimum absolute atomic E-state index is 0.423. The van der Waals surface area contributed by atoms with Crippen LogP contribution < -0.4 is 9.47 Å². The maximum absolute atomic E-state index is 5.87. The van der Waals surface area contributed by atoms with Gasteiger partial charge in [-0.25, -0.2) is 0 Å². The quantitative estimate of drug-likeness (QED) is 0.322. The van der Waals surface area contributed by atoms with Gasteiger partial charge in [0.15, 0.2) is 22.5 Å². The molecule has 4 aromatic rings. The number of unbranched alkanes of at least 4 members (excludes halogenated alkanes) is 1. The first-order valence-corrected chi connectivity index (χ1v) is 11.2. The zero-order valence-corrected chi connectivity index (χ0v) is 19.0. The third-order valence-electron chi connectivity index (χ3n) is 4.81. The lowest BCUT2D eigenvalue weighted by atomic mass is 10.2. The molecule has 0 unspecified atom stereocenters. The normalized spacial score (nSPS) is 11.0. The van der Waals surface area contributed by atoms with Crippen LogP contribution in [0.2, 0.25) is 0 Å². The maximum Gasteiger partial charge on any atom is 0.247 e. The van der Waals surface area contributed by atoms with Gasteiger partial charge in [0.2, 0.25) is 11.8 Å². The molecule has 0 radical (unpaired) electrons. The first kappa shape index (κ1) is 21.8. The lowest BCUT2D eigenvalue weighted by Crippen LogP contribution is -2.02. The highest BCUT2D eigenvalue weighted by Crippen LogP contribution is 2.32. The second-order valence-electron chi connectivity index (χ2n) is 6.91. The van der Waals surface area contributed by atoms with Crippen molar-refractivity contribution in [2.45, 2.75) is 37.2 Å². The molecule has 0 N–H and O–H groups in total. The van der Waals surface area contributed by atoms with E-state index in [0.717, 1.165) is 41.5 Å². The first-order valence-electron chi connectivity index (χ1n) is 10.2. The van der Waals surface area contributed by atoms with Gasteiger partial charge in [-0.1, -0.05) is 25.1 Å². The average molecular weight is 453 g/mol. The summed E-state index contributed by atoms with van der Waals surface area (Å²) in [5.41, 5.74) is 1.75. The van der Waals surface area contributed by atoms with Gasteiger partial charge in [0.05, 0.1) is 20.0 Å². The second-order valence-corrected chi connectivity index (χ2v) is 7.85. The summed E-state index contributed by atoms with van der Waals surface area (Å²) in [6, 6.07) is 9.35. The number of pyridine rings is 1. The van der Waals surface area contributed by atoms with Gasteiger partial charge < -0.3 is 18.5 Å². The molecule has 32 heavy (non-hydrogen) atoms. The molecule has 0 aliphatic rings. The molecule has 0 amide bonds. The molecule has 3 aromatic heterocycles. The number of rotatable bonds is 10. The van der Waals surface area contributed by atoms with E-state index in [-0.39, 0.29) is 0 Å². The predicted octanol–water partition coefficient (Wildman–Crippen LogP) is 4.50. The minimum atomic E-state index is 0.423. The summed E-state index contributed by atoms with van der Waals surface area (Å²) >= 11 is 1.52. The Labute approximate surface area is 190 Å². The highest BCUT2D eigenvalue weighted by Gasteiger charge is 2.17. The summed E-state index contributed by atoms with van der Waals surface area (Å²) in [7, 11) is 3.19. The van der Waals surface area contributed by atoms with Crippen molar-refractivity contribution in [3.63, 3.8) is 0 Å². The summed E-state index contributed by atoms with van der Waals surface area (Å²) in [5.74, 6) is 3.50. The minimum Gasteiger partial charge on any atom is -0.493 e. The Morgan fingerprint density at radius 1 is 0.938 bits per heavy atom. The largest absolute Gasteiger partial charge is 0.493 e. The molecular weight excluding hydrogens is 428 g/mol. The van der Waals surface area contributed by atoms with Gasteiger partial charge in [-0.05, 0) is 36.8 Å². The van der Waals surface area contributed by atoms with E-state index in [1.807, 2.05) is 30.3 Å². The lowest BCUT2D eigenvalue weighted by Gasteiger charge is -2.09. The summed E-state index contributed by atoms with van der Waals surface area (Å²) < 4.78 is 18.6.